The molecule has 0 bridgehead atoms. The average molecular weight is 239 g/mol. The molecular weight excluding hydrogens is 226 g/mol. The van der Waals surface area contributed by atoms with Gasteiger partial charge in [-0.15, -0.1) is 0 Å². The third-order valence-electron chi connectivity index (χ3n) is 3.14. The van der Waals surface area contributed by atoms with Crippen LogP contribution in [0.15, 0.2) is 42.6 Å². The summed E-state index contributed by atoms with van der Waals surface area (Å²) in [6, 6.07) is 11.8. The maximum Gasteiger partial charge on any atom is 0.166 e. The van der Waals surface area contributed by atoms with Gasteiger partial charge in [-0.1, -0.05) is 18.2 Å². The van der Waals surface area contributed by atoms with Crippen molar-refractivity contribution in [2.45, 2.75) is 6.54 Å². The highest BCUT2D eigenvalue weighted by Crippen LogP contribution is 2.18. The lowest BCUT2D eigenvalue weighted by Crippen LogP contribution is -2.03. The summed E-state index contributed by atoms with van der Waals surface area (Å²) >= 11 is 0. The Morgan fingerprint density at radius 3 is 2.89 bits per heavy atom. The summed E-state index contributed by atoms with van der Waals surface area (Å²) in [6.45, 7) is 0.614. The van der Waals surface area contributed by atoms with Gasteiger partial charge in [0.2, 0.25) is 0 Å². The molecule has 90 valence electrons. The number of nitrogens with zero attached hydrogens (tertiary/aromatic N) is 3. The first-order valence-electron chi connectivity index (χ1n) is 5.80. The molecule has 0 unspecified atom stereocenters. The fraction of sp³-hybridized carbons (Fsp3) is 0.143. The normalized spacial score (nSPS) is 10.9. The van der Waals surface area contributed by atoms with Crippen LogP contribution < -0.4 is 0 Å². The Balaban J connectivity index is 2.08. The van der Waals surface area contributed by atoms with Crippen molar-refractivity contribution in [3.63, 3.8) is 0 Å². The lowest BCUT2D eigenvalue weighted by molar-refractivity contribution is 0.111. The summed E-state index contributed by atoms with van der Waals surface area (Å²) in [5.74, 6) is 0. The van der Waals surface area contributed by atoms with Crippen LogP contribution in [0, 0.1) is 0 Å². The molecule has 4 heteroatoms. The van der Waals surface area contributed by atoms with E-state index in [-0.39, 0.29) is 0 Å². The first-order valence-corrected chi connectivity index (χ1v) is 5.80. The molecule has 4 nitrogen and oxygen atoms in total. The summed E-state index contributed by atoms with van der Waals surface area (Å²) in [5.41, 5.74) is 2.75. The molecule has 0 N–H and O–H groups in total. The number of aldehydes is 1. The summed E-state index contributed by atoms with van der Waals surface area (Å²) in [7, 11) is 1.93. The lowest BCUT2D eigenvalue weighted by atomic mass is 10.2. The summed E-state index contributed by atoms with van der Waals surface area (Å²) in [6.07, 6.45) is 2.76. The van der Waals surface area contributed by atoms with E-state index in [0.29, 0.717) is 12.2 Å². The Morgan fingerprint density at radius 1 is 1.22 bits per heavy atom. The SMILES string of the molecule is Cn1nc(Cn2cccc2C=O)c2ccccc21. The van der Waals surface area contributed by atoms with Gasteiger partial charge in [-0.25, -0.2) is 0 Å². The van der Waals surface area contributed by atoms with Crippen molar-refractivity contribution in [3.05, 3.63) is 54.0 Å². The number of carbonyl (C=O) groups is 1. The van der Waals surface area contributed by atoms with Crippen LogP contribution in [-0.4, -0.2) is 20.6 Å². The molecule has 0 atom stereocenters. The minimum absolute atomic E-state index is 0.614. The van der Waals surface area contributed by atoms with Gasteiger partial charge in [-0.3, -0.25) is 9.48 Å². The largest absolute Gasteiger partial charge is 0.339 e. The van der Waals surface area contributed by atoms with Crippen LogP contribution in [0.4, 0.5) is 0 Å². The molecule has 3 rings (SSSR count). The molecule has 0 spiro atoms. The number of carbonyl (C=O) groups excluding carboxylic acids is 1. The van der Waals surface area contributed by atoms with E-state index in [4.69, 9.17) is 0 Å². The van der Waals surface area contributed by atoms with E-state index in [1.807, 2.05) is 46.8 Å². The molecule has 3 aromatic rings. The number of benzene rings is 1. The molecule has 0 aliphatic carbocycles. The monoisotopic (exact) mass is 239 g/mol. The number of fused-ring (bicyclic) bond motifs is 1. The van der Waals surface area contributed by atoms with Gasteiger partial charge in [-0.05, 0) is 18.2 Å². The quantitative estimate of drug-likeness (QED) is 0.657. The Hall–Kier alpha value is -2.36. The molecule has 2 heterocycles. The zero-order valence-corrected chi connectivity index (χ0v) is 10.1. The van der Waals surface area contributed by atoms with Crippen molar-refractivity contribution in [3.8, 4) is 0 Å². The van der Waals surface area contributed by atoms with Crippen molar-refractivity contribution in [1.29, 1.82) is 0 Å². The van der Waals surface area contributed by atoms with Crippen molar-refractivity contribution < 1.29 is 4.79 Å². The Bertz CT molecular complexity index is 709. The summed E-state index contributed by atoms with van der Waals surface area (Å²) < 4.78 is 3.77. The van der Waals surface area contributed by atoms with E-state index in [1.165, 1.54) is 0 Å². The Kier molecular flexibility index (Phi) is 2.48. The van der Waals surface area contributed by atoms with Gasteiger partial charge in [-0.2, -0.15) is 5.10 Å². The predicted octanol–water partition coefficient (Wildman–Crippen LogP) is 2.24. The number of hydrogen-bond donors (Lipinski definition) is 0. The van der Waals surface area contributed by atoms with Gasteiger partial charge in [0.1, 0.15) is 0 Å². The van der Waals surface area contributed by atoms with Crippen LogP contribution in [0.5, 0.6) is 0 Å². The fourth-order valence-corrected chi connectivity index (χ4v) is 2.25. The van der Waals surface area contributed by atoms with Crippen LogP contribution in [0.1, 0.15) is 16.2 Å². The molecule has 2 aromatic heterocycles. The van der Waals surface area contributed by atoms with Gasteiger partial charge in [0.15, 0.2) is 6.29 Å². The second kappa shape index (κ2) is 4.14. The molecular formula is C14H13N3O. The van der Waals surface area contributed by atoms with Crippen LogP contribution >= 0.6 is 0 Å². The molecule has 1 aromatic carbocycles. The third-order valence-corrected chi connectivity index (χ3v) is 3.14. The van der Waals surface area contributed by atoms with E-state index < -0.39 is 0 Å². The van der Waals surface area contributed by atoms with Crippen molar-refractivity contribution >= 4 is 17.2 Å². The van der Waals surface area contributed by atoms with Crippen LogP contribution in [0.2, 0.25) is 0 Å². The lowest BCUT2D eigenvalue weighted by Gasteiger charge is -2.02. The molecule has 0 saturated carbocycles. The molecule has 0 amide bonds. The average Bonchev–Trinajstić information content (AvgIpc) is 2.96. The van der Waals surface area contributed by atoms with Gasteiger partial charge in [0.25, 0.3) is 0 Å². The van der Waals surface area contributed by atoms with Gasteiger partial charge in [0, 0.05) is 18.6 Å². The topological polar surface area (TPSA) is 39.8 Å². The summed E-state index contributed by atoms with van der Waals surface area (Å²) in [5, 5.41) is 5.65. The number of hydrogen-bond acceptors (Lipinski definition) is 2. The van der Waals surface area contributed by atoms with Crippen molar-refractivity contribution in [2.24, 2.45) is 7.05 Å². The molecule has 0 radical (unpaired) electrons. The van der Waals surface area contributed by atoms with Gasteiger partial charge >= 0.3 is 0 Å². The number of aromatic nitrogens is 3. The van der Waals surface area contributed by atoms with E-state index in [2.05, 4.69) is 11.2 Å². The van der Waals surface area contributed by atoms with E-state index in [9.17, 15) is 4.79 Å². The van der Waals surface area contributed by atoms with Crippen molar-refractivity contribution in [1.82, 2.24) is 14.3 Å². The zero-order valence-electron chi connectivity index (χ0n) is 10.1. The zero-order chi connectivity index (χ0) is 12.5. The highest BCUT2D eigenvalue weighted by atomic mass is 16.1. The molecule has 0 aliphatic heterocycles. The smallest absolute Gasteiger partial charge is 0.166 e. The van der Waals surface area contributed by atoms with Gasteiger partial charge in [0.05, 0.1) is 23.4 Å². The summed E-state index contributed by atoms with van der Waals surface area (Å²) in [4.78, 5) is 10.9. The van der Waals surface area contributed by atoms with E-state index in [1.54, 1.807) is 6.07 Å². The fourth-order valence-electron chi connectivity index (χ4n) is 2.25. The Labute approximate surface area is 104 Å². The first-order chi connectivity index (χ1) is 8.79. The molecule has 0 saturated heterocycles. The number of aryl methyl sites for hydroxylation is 1. The standard InChI is InChI=1S/C14H13N3O/c1-16-14-7-3-2-6-12(14)13(15-16)9-17-8-4-5-11(17)10-18/h2-8,10H,9H2,1H3. The third kappa shape index (κ3) is 1.62. The van der Waals surface area contributed by atoms with Gasteiger partial charge < -0.3 is 4.57 Å². The highest BCUT2D eigenvalue weighted by Gasteiger charge is 2.09. The molecule has 18 heavy (non-hydrogen) atoms. The van der Waals surface area contributed by atoms with E-state index >= 15 is 0 Å². The molecule has 0 fully saturated rings. The predicted molar refractivity (Wildman–Crippen MR) is 69.6 cm³/mol. The highest BCUT2D eigenvalue weighted by molar-refractivity contribution is 5.82. The minimum Gasteiger partial charge on any atom is -0.339 e. The Morgan fingerprint density at radius 2 is 2.06 bits per heavy atom. The maximum atomic E-state index is 10.9. The van der Waals surface area contributed by atoms with Crippen molar-refractivity contribution in [2.75, 3.05) is 0 Å². The second-order valence-electron chi connectivity index (χ2n) is 4.27. The number of rotatable bonds is 3. The van der Waals surface area contributed by atoms with E-state index in [0.717, 1.165) is 22.9 Å². The number of para-hydroxylation sites is 1. The van der Waals surface area contributed by atoms with Crippen LogP contribution in [-0.2, 0) is 13.6 Å². The second-order valence-corrected chi connectivity index (χ2v) is 4.27. The first kappa shape index (κ1) is 10.8. The minimum atomic E-state index is 0.614. The van der Waals surface area contributed by atoms with Crippen LogP contribution in [0.25, 0.3) is 10.9 Å². The maximum absolute atomic E-state index is 10.9. The molecule has 0 aliphatic rings. The van der Waals surface area contributed by atoms with Crippen LogP contribution in [0.3, 0.4) is 0 Å².